The van der Waals surface area contributed by atoms with Gasteiger partial charge in [-0.1, -0.05) is 5.16 Å². The third kappa shape index (κ3) is 3.45. The summed E-state index contributed by atoms with van der Waals surface area (Å²) in [7, 11) is 1.58. The van der Waals surface area contributed by atoms with Crippen LogP contribution in [0.5, 0.6) is 5.75 Å². The van der Waals surface area contributed by atoms with Gasteiger partial charge >= 0.3 is 0 Å². The molecule has 3 aromatic rings. The summed E-state index contributed by atoms with van der Waals surface area (Å²) in [5, 5.41) is 4.00. The fraction of sp³-hybridized carbons (Fsp3) is 0.250. The molecule has 0 bridgehead atoms. The molecule has 0 radical (unpaired) electrons. The zero-order valence-electron chi connectivity index (χ0n) is 15.1. The highest BCUT2D eigenvalue weighted by Gasteiger charge is 2.35. The van der Waals surface area contributed by atoms with Crippen molar-refractivity contribution < 1.29 is 22.8 Å². The Morgan fingerprint density at radius 3 is 2.57 bits per heavy atom. The number of methoxy groups -OCH3 is 1. The van der Waals surface area contributed by atoms with Crippen LogP contribution in [0, 0.1) is 11.6 Å². The van der Waals surface area contributed by atoms with Gasteiger partial charge in [-0.05, 0) is 49.2 Å². The second kappa shape index (κ2) is 7.38. The summed E-state index contributed by atoms with van der Waals surface area (Å²) in [5.41, 5.74) is 0.707. The predicted molar refractivity (Wildman–Crippen MR) is 95.7 cm³/mol. The molecule has 1 amide bonds. The van der Waals surface area contributed by atoms with E-state index in [1.807, 2.05) is 0 Å². The summed E-state index contributed by atoms with van der Waals surface area (Å²) in [6, 6.07) is 9.54. The highest BCUT2D eigenvalue weighted by molar-refractivity contribution is 5.94. The van der Waals surface area contributed by atoms with Crippen LogP contribution in [0.25, 0.3) is 11.4 Å². The maximum Gasteiger partial charge on any atom is 0.254 e. The van der Waals surface area contributed by atoms with Crippen LogP contribution < -0.4 is 4.74 Å². The molecule has 4 rings (SSSR count). The normalized spacial score (nSPS) is 16.4. The summed E-state index contributed by atoms with van der Waals surface area (Å²) in [6.07, 6.45) is 1.36. The highest BCUT2D eigenvalue weighted by atomic mass is 19.1. The van der Waals surface area contributed by atoms with E-state index in [0.717, 1.165) is 30.2 Å². The Labute approximate surface area is 159 Å². The molecule has 1 aromatic heterocycles. The van der Waals surface area contributed by atoms with Crippen molar-refractivity contribution in [2.75, 3.05) is 13.7 Å². The van der Waals surface area contributed by atoms with Crippen LogP contribution in [-0.2, 0) is 0 Å². The number of halogens is 2. The van der Waals surface area contributed by atoms with Crippen molar-refractivity contribution >= 4 is 5.91 Å². The molecule has 28 heavy (non-hydrogen) atoms. The van der Waals surface area contributed by atoms with E-state index in [1.165, 1.54) is 4.90 Å². The predicted octanol–water partition coefficient (Wildman–Crippen LogP) is 4.00. The van der Waals surface area contributed by atoms with Gasteiger partial charge in [-0.2, -0.15) is 4.98 Å². The lowest BCUT2D eigenvalue weighted by atomic mass is 10.1. The maximum absolute atomic E-state index is 13.5. The van der Waals surface area contributed by atoms with Gasteiger partial charge in [-0.25, -0.2) is 8.78 Å². The Balaban J connectivity index is 1.58. The van der Waals surface area contributed by atoms with Crippen LogP contribution in [0.2, 0.25) is 0 Å². The monoisotopic (exact) mass is 385 g/mol. The topological polar surface area (TPSA) is 68.5 Å². The quantitative estimate of drug-likeness (QED) is 0.679. The standard InChI is InChI=1S/C20H17F2N3O3/c1-27-16-6-4-12(5-7-16)18-23-19(28-24-18)17-3-2-8-25(17)20(26)13-9-14(21)11-15(22)10-13/h4-7,9-11,17H,2-3,8H2,1H3/t17-/m1/s1. The van der Waals surface area contributed by atoms with E-state index in [9.17, 15) is 13.6 Å². The van der Waals surface area contributed by atoms with Gasteiger partial charge in [-0.3, -0.25) is 4.79 Å². The van der Waals surface area contributed by atoms with Crippen molar-refractivity contribution in [3.63, 3.8) is 0 Å². The number of nitrogens with zero attached hydrogens (tertiary/aromatic N) is 3. The Kier molecular flexibility index (Phi) is 4.77. The molecule has 1 fully saturated rings. The van der Waals surface area contributed by atoms with Gasteiger partial charge in [0.05, 0.1) is 7.11 Å². The molecule has 0 unspecified atom stereocenters. The molecule has 8 heteroatoms. The van der Waals surface area contributed by atoms with Gasteiger partial charge in [0, 0.05) is 23.7 Å². The van der Waals surface area contributed by atoms with Crippen molar-refractivity contribution in [3.05, 3.63) is 65.6 Å². The van der Waals surface area contributed by atoms with Crippen LogP contribution in [0.15, 0.2) is 47.0 Å². The number of rotatable bonds is 4. The summed E-state index contributed by atoms with van der Waals surface area (Å²) in [6.45, 7) is 0.446. The van der Waals surface area contributed by atoms with Crippen LogP contribution in [-0.4, -0.2) is 34.6 Å². The van der Waals surface area contributed by atoms with E-state index in [2.05, 4.69) is 10.1 Å². The molecule has 0 N–H and O–H groups in total. The van der Waals surface area contributed by atoms with Crippen molar-refractivity contribution in [1.82, 2.24) is 15.0 Å². The Morgan fingerprint density at radius 1 is 1.18 bits per heavy atom. The first kappa shape index (κ1) is 18.1. The Hall–Kier alpha value is -3.29. The molecule has 2 aromatic carbocycles. The largest absolute Gasteiger partial charge is 0.497 e. The molecule has 0 spiro atoms. The van der Waals surface area contributed by atoms with E-state index in [0.29, 0.717) is 30.4 Å². The number of likely N-dealkylation sites (tertiary alicyclic amines) is 1. The first-order valence-electron chi connectivity index (χ1n) is 8.80. The molecule has 0 saturated carbocycles. The molecular weight excluding hydrogens is 368 g/mol. The van der Waals surface area contributed by atoms with Crippen LogP contribution in [0.3, 0.4) is 0 Å². The van der Waals surface area contributed by atoms with Gasteiger partial charge in [0.15, 0.2) is 0 Å². The molecule has 1 saturated heterocycles. The SMILES string of the molecule is COc1ccc(-c2noc([C@H]3CCCN3C(=O)c3cc(F)cc(F)c3)n2)cc1. The zero-order valence-corrected chi connectivity index (χ0v) is 15.1. The summed E-state index contributed by atoms with van der Waals surface area (Å²) in [4.78, 5) is 18.7. The third-order valence-corrected chi connectivity index (χ3v) is 4.70. The lowest BCUT2D eigenvalue weighted by Crippen LogP contribution is -2.30. The van der Waals surface area contributed by atoms with E-state index in [4.69, 9.17) is 9.26 Å². The summed E-state index contributed by atoms with van der Waals surface area (Å²) >= 11 is 0. The second-order valence-electron chi connectivity index (χ2n) is 6.50. The number of ether oxygens (including phenoxy) is 1. The minimum Gasteiger partial charge on any atom is -0.497 e. The van der Waals surface area contributed by atoms with Crippen LogP contribution in [0.4, 0.5) is 8.78 Å². The number of hydrogen-bond acceptors (Lipinski definition) is 5. The van der Waals surface area contributed by atoms with Gasteiger partial charge in [0.2, 0.25) is 11.7 Å². The molecule has 6 nitrogen and oxygen atoms in total. The van der Waals surface area contributed by atoms with Crippen LogP contribution >= 0.6 is 0 Å². The molecule has 1 aliphatic rings. The van der Waals surface area contributed by atoms with E-state index < -0.39 is 23.6 Å². The van der Waals surface area contributed by atoms with E-state index in [1.54, 1.807) is 31.4 Å². The van der Waals surface area contributed by atoms with Gasteiger partial charge in [-0.15, -0.1) is 0 Å². The van der Waals surface area contributed by atoms with Crippen molar-refractivity contribution in [2.45, 2.75) is 18.9 Å². The maximum atomic E-state index is 13.5. The number of aromatic nitrogens is 2. The number of benzene rings is 2. The van der Waals surface area contributed by atoms with Gasteiger partial charge in [0.1, 0.15) is 23.4 Å². The van der Waals surface area contributed by atoms with Gasteiger partial charge in [0.25, 0.3) is 5.91 Å². The number of amides is 1. The third-order valence-electron chi connectivity index (χ3n) is 4.70. The molecule has 2 heterocycles. The number of hydrogen-bond donors (Lipinski definition) is 0. The fourth-order valence-electron chi connectivity index (χ4n) is 3.34. The average Bonchev–Trinajstić information content (AvgIpc) is 3.36. The summed E-state index contributed by atoms with van der Waals surface area (Å²) < 4.78 is 37.5. The molecule has 144 valence electrons. The van der Waals surface area contributed by atoms with Crippen molar-refractivity contribution in [1.29, 1.82) is 0 Å². The fourth-order valence-corrected chi connectivity index (χ4v) is 3.34. The highest BCUT2D eigenvalue weighted by Crippen LogP contribution is 2.33. The second-order valence-corrected chi connectivity index (χ2v) is 6.50. The molecule has 1 aliphatic heterocycles. The molecule has 0 aliphatic carbocycles. The lowest BCUT2D eigenvalue weighted by Gasteiger charge is -2.22. The van der Waals surface area contributed by atoms with Gasteiger partial charge < -0.3 is 14.2 Å². The van der Waals surface area contributed by atoms with Crippen molar-refractivity contribution in [2.24, 2.45) is 0 Å². The van der Waals surface area contributed by atoms with E-state index >= 15 is 0 Å². The smallest absolute Gasteiger partial charge is 0.254 e. The first-order chi connectivity index (χ1) is 13.5. The van der Waals surface area contributed by atoms with E-state index in [-0.39, 0.29) is 5.56 Å². The Bertz CT molecular complexity index is 984. The first-order valence-corrected chi connectivity index (χ1v) is 8.80. The lowest BCUT2D eigenvalue weighted by molar-refractivity contribution is 0.0709. The minimum absolute atomic E-state index is 0.0423. The van der Waals surface area contributed by atoms with Crippen LogP contribution in [0.1, 0.15) is 35.1 Å². The van der Waals surface area contributed by atoms with Crippen molar-refractivity contribution in [3.8, 4) is 17.1 Å². The number of carbonyl (C=O) groups excluding carboxylic acids is 1. The molecular formula is C20H17F2N3O3. The Morgan fingerprint density at radius 2 is 1.89 bits per heavy atom. The summed E-state index contributed by atoms with van der Waals surface area (Å²) in [5.74, 6) is -0.646. The number of carbonyl (C=O) groups is 1. The molecule has 1 atom stereocenters. The zero-order chi connectivity index (χ0) is 19.7. The minimum atomic E-state index is -0.793. The average molecular weight is 385 g/mol.